The van der Waals surface area contributed by atoms with Crippen molar-refractivity contribution in [3.63, 3.8) is 0 Å². The van der Waals surface area contributed by atoms with Gasteiger partial charge < -0.3 is 0 Å². The van der Waals surface area contributed by atoms with E-state index >= 15 is 0 Å². The number of hydrogen-bond acceptors (Lipinski definition) is 5. The third kappa shape index (κ3) is 1.57. The monoisotopic (exact) mass is 223 g/mol. The van der Waals surface area contributed by atoms with E-state index in [1.165, 1.54) is 0 Å². The summed E-state index contributed by atoms with van der Waals surface area (Å²) in [4.78, 5) is 1.90. The average Bonchev–Trinajstić information content (AvgIpc) is 2.06. The van der Waals surface area contributed by atoms with Crippen molar-refractivity contribution in [2.75, 3.05) is 7.05 Å². The third-order valence-electron chi connectivity index (χ3n) is 2.01. The van der Waals surface area contributed by atoms with Crippen LogP contribution in [0.4, 0.5) is 0 Å². The van der Waals surface area contributed by atoms with E-state index in [2.05, 4.69) is 50.5 Å². The van der Waals surface area contributed by atoms with Gasteiger partial charge in [0.15, 0.2) is 0 Å². The van der Waals surface area contributed by atoms with Gasteiger partial charge in [-0.25, -0.2) is 0 Å². The molecule has 1 nitrogen and oxygen atoms in total. The van der Waals surface area contributed by atoms with Crippen LogP contribution in [-0.4, -0.2) is 40.4 Å². The lowest BCUT2D eigenvalue weighted by Gasteiger charge is -2.26. The summed E-state index contributed by atoms with van der Waals surface area (Å²) >= 11 is 17.3. The summed E-state index contributed by atoms with van der Waals surface area (Å²) in [7, 11) is 7.70. The fraction of sp³-hybridized carbons (Fsp3) is 1.00. The second kappa shape index (κ2) is 3.29. The van der Waals surface area contributed by atoms with Crippen LogP contribution in [0.15, 0.2) is 0 Å². The van der Waals surface area contributed by atoms with Crippen LogP contribution in [0.25, 0.3) is 0 Å². The van der Waals surface area contributed by atoms with Crippen molar-refractivity contribution in [3.05, 3.63) is 0 Å². The average molecular weight is 223 g/mol. The topological polar surface area (TPSA) is 3.24 Å². The van der Waals surface area contributed by atoms with Gasteiger partial charge in [0.2, 0.25) is 0 Å². The lowest BCUT2D eigenvalue weighted by atomic mass is 9.93. The van der Waals surface area contributed by atoms with Gasteiger partial charge in [-0.05, 0) is 13.0 Å². The molecule has 0 aromatic rings. The smallest absolute Gasteiger partial charge is 0.0942 e. The Balaban J connectivity index is 2.87. The van der Waals surface area contributed by atoms with E-state index in [9.17, 15) is 0 Å². The minimum Gasteiger partial charge on any atom is -0.297 e. The molecule has 3 unspecified atom stereocenters. The first kappa shape index (κ1) is 10.5. The van der Waals surface area contributed by atoms with Crippen LogP contribution in [-0.2, 0) is 0 Å². The van der Waals surface area contributed by atoms with E-state index in [1.54, 1.807) is 0 Å². The summed E-state index contributed by atoms with van der Waals surface area (Å²) in [5.41, 5.74) is 0. The van der Waals surface area contributed by atoms with Gasteiger partial charge in [-0.2, -0.15) is 50.5 Å². The zero-order valence-corrected chi connectivity index (χ0v) is 9.62. The highest BCUT2D eigenvalue weighted by Gasteiger charge is 2.48. The minimum absolute atomic E-state index is 0.0170. The van der Waals surface area contributed by atoms with Crippen LogP contribution >= 0.6 is 50.5 Å². The van der Waals surface area contributed by atoms with E-state index in [4.69, 9.17) is 7.85 Å². The molecular formula is C5H10BNS4. The molecule has 1 saturated heterocycles. The molecule has 1 heterocycles. The van der Waals surface area contributed by atoms with Crippen molar-refractivity contribution in [2.45, 2.75) is 20.6 Å². The summed E-state index contributed by atoms with van der Waals surface area (Å²) in [6.45, 7) is 0. The van der Waals surface area contributed by atoms with Gasteiger partial charge >= 0.3 is 0 Å². The molecule has 1 rings (SSSR count). The largest absolute Gasteiger partial charge is 0.297 e. The summed E-state index contributed by atoms with van der Waals surface area (Å²) in [5.74, 6) is -0.209. The molecule has 0 spiro atoms. The molecular weight excluding hydrogens is 213 g/mol. The predicted molar refractivity (Wildman–Crippen MR) is 63.6 cm³/mol. The summed E-state index contributed by atoms with van der Waals surface area (Å²) < 4.78 is -0.565. The fourth-order valence-electron chi connectivity index (χ4n) is 1.08. The van der Waals surface area contributed by atoms with Gasteiger partial charge in [0.05, 0.1) is 22.5 Å². The van der Waals surface area contributed by atoms with Crippen molar-refractivity contribution >= 4 is 58.4 Å². The van der Waals surface area contributed by atoms with Crippen LogP contribution in [0, 0.1) is 0 Å². The first-order valence-electron chi connectivity index (χ1n) is 3.17. The number of thiol groups is 4. The highest BCUT2D eigenvalue weighted by atomic mass is 32.2. The van der Waals surface area contributed by atoms with Gasteiger partial charge in [-0.3, -0.25) is 4.90 Å². The zero-order valence-electron chi connectivity index (χ0n) is 6.05. The van der Waals surface area contributed by atoms with Crippen molar-refractivity contribution in [2.24, 2.45) is 0 Å². The molecule has 62 valence electrons. The molecule has 3 atom stereocenters. The molecule has 1 fully saturated rings. The summed E-state index contributed by atoms with van der Waals surface area (Å²) in [5, 5.41) is -0.0131. The Labute approximate surface area is 90.7 Å². The number of hydrogen-bond donors (Lipinski definition) is 4. The number of rotatable bonds is 0. The third-order valence-corrected chi connectivity index (χ3v) is 5.09. The van der Waals surface area contributed by atoms with Gasteiger partial charge in [0, 0.05) is 0 Å². The van der Waals surface area contributed by atoms with Gasteiger partial charge in [-0.15, -0.1) is 0 Å². The van der Waals surface area contributed by atoms with Crippen LogP contribution in [0.2, 0.25) is 0 Å². The van der Waals surface area contributed by atoms with E-state index < -0.39 is 4.08 Å². The molecule has 1 aliphatic rings. The van der Waals surface area contributed by atoms with Crippen molar-refractivity contribution in [1.82, 2.24) is 4.90 Å². The molecule has 0 bridgehead atoms. The first-order chi connectivity index (χ1) is 4.89. The van der Waals surface area contributed by atoms with Gasteiger partial charge in [0.1, 0.15) is 0 Å². The Kier molecular flexibility index (Phi) is 3.14. The van der Waals surface area contributed by atoms with Crippen molar-refractivity contribution in [1.29, 1.82) is 0 Å². The van der Waals surface area contributed by atoms with Crippen molar-refractivity contribution < 1.29 is 0 Å². The Hall–Kier alpha value is 1.42. The first-order valence-corrected chi connectivity index (χ1v) is 5.10. The van der Waals surface area contributed by atoms with E-state index in [0.717, 1.165) is 0 Å². The predicted octanol–water partition coefficient (Wildman–Crippen LogP) is 0.537. The fourth-order valence-corrected chi connectivity index (χ4v) is 2.71. The lowest BCUT2D eigenvalue weighted by Crippen LogP contribution is -2.38. The Morgan fingerprint density at radius 3 is 1.91 bits per heavy atom. The molecule has 0 aliphatic carbocycles. The van der Waals surface area contributed by atoms with E-state index in [0.29, 0.717) is 0 Å². The Morgan fingerprint density at radius 1 is 1.36 bits per heavy atom. The quantitative estimate of drug-likeness (QED) is 0.265. The zero-order chi connectivity index (χ0) is 8.81. The molecule has 0 N–H and O–H groups in total. The lowest BCUT2D eigenvalue weighted by molar-refractivity contribution is 0.363. The molecule has 0 aromatic carbocycles. The second-order valence-electron chi connectivity index (χ2n) is 2.75. The van der Waals surface area contributed by atoms with Crippen molar-refractivity contribution in [3.8, 4) is 0 Å². The van der Waals surface area contributed by atoms with E-state index in [-0.39, 0.29) is 16.6 Å². The molecule has 11 heavy (non-hydrogen) atoms. The van der Waals surface area contributed by atoms with Crippen LogP contribution in [0.3, 0.4) is 0 Å². The minimum atomic E-state index is -0.565. The maximum Gasteiger partial charge on any atom is 0.0942 e. The SMILES string of the molecule is [B]C1N(C)C(S)C(S)C1(S)S. The normalized spacial score (nSPS) is 44.6. The highest BCUT2D eigenvalue weighted by molar-refractivity contribution is 8.02. The second-order valence-corrected chi connectivity index (χ2v) is 5.67. The Bertz CT molecular complexity index is 149. The molecule has 0 saturated carbocycles. The van der Waals surface area contributed by atoms with Gasteiger partial charge in [-0.1, -0.05) is 0 Å². The maximum atomic E-state index is 5.81. The molecule has 0 aromatic heterocycles. The van der Waals surface area contributed by atoms with E-state index in [1.807, 2.05) is 11.9 Å². The summed E-state index contributed by atoms with van der Waals surface area (Å²) in [6, 6.07) is 0. The van der Waals surface area contributed by atoms with Crippen LogP contribution in [0.5, 0.6) is 0 Å². The molecule has 2 radical (unpaired) electrons. The number of likely N-dealkylation sites (tertiary alicyclic amines) is 1. The standard InChI is InChI=1S/C5H10BNS4/c1-7-3(9)2(8)5(10,11)4(7)6/h2-4,8-11H,1H3. The number of nitrogens with zero attached hydrogens (tertiary/aromatic N) is 1. The molecule has 0 amide bonds. The highest BCUT2D eigenvalue weighted by Crippen LogP contribution is 2.43. The molecule has 6 heteroatoms. The van der Waals surface area contributed by atoms with Crippen LogP contribution in [0.1, 0.15) is 0 Å². The maximum absolute atomic E-state index is 5.81. The van der Waals surface area contributed by atoms with Gasteiger partial charge in [0.25, 0.3) is 0 Å². The van der Waals surface area contributed by atoms with Crippen LogP contribution < -0.4 is 0 Å². The Morgan fingerprint density at radius 2 is 1.82 bits per heavy atom. The summed E-state index contributed by atoms with van der Waals surface area (Å²) in [6.07, 6.45) is 0. The molecule has 1 aliphatic heterocycles.